The van der Waals surface area contributed by atoms with Gasteiger partial charge in [0, 0.05) is 37.1 Å². The molecule has 23 heavy (non-hydrogen) atoms. The second-order valence-electron chi connectivity index (χ2n) is 6.74. The summed E-state index contributed by atoms with van der Waals surface area (Å²) < 4.78 is 7.04. The van der Waals surface area contributed by atoms with E-state index in [1.54, 1.807) is 6.07 Å². The Hall–Kier alpha value is -1.66. The highest BCUT2D eigenvalue weighted by Crippen LogP contribution is 2.33. The van der Waals surface area contributed by atoms with Crippen molar-refractivity contribution in [3.8, 4) is 0 Å². The van der Waals surface area contributed by atoms with Crippen LogP contribution in [-0.2, 0) is 4.74 Å². The first-order chi connectivity index (χ1) is 11.2. The molecule has 0 radical (unpaired) electrons. The van der Waals surface area contributed by atoms with Crippen LogP contribution in [0.2, 0.25) is 0 Å². The monoisotopic (exact) mass is 316 g/mol. The van der Waals surface area contributed by atoms with Crippen LogP contribution in [0.25, 0.3) is 5.65 Å². The molecule has 1 atom stereocenters. The number of H-pyrrole nitrogens is 1. The van der Waals surface area contributed by atoms with Crippen LogP contribution >= 0.6 is 0 Å². The van der Waals surface area contributed by atoms with Crippen LogP contribution < -0.4 is 5.56 Å². The van der Waals surface area contributed by atoms with Crippen LogP contribution in [0.4, 0.5) is 0 Å². The molecule has 0 spiro atoms. The second kappa shape index (κ2) is 6.09. The fourth-order valence-corrected chi connectivity index (χ4v) is 4.03. The molecular weight excluding hydrogens is 292 g/mol. The maximum atomic E-state index is 12.4. The lowest BCUT2D eigenvalue weighted by molar-refractivity contribution is 0.00317. The highest BCUT2D eigenvalue weighted by atomic mass is 16.5. The van der Waals surface area contributed by atoms with Crippen LogP contribution in [0, 0.1) is 6.92 Å². The van der Waals surface area contributed by atoms with Crippen LogP contribution in [0.1, 0.15) is 49.5 Å². The number of aromatic amines is 1. The van der Waals surface area contributed by atoms with Crippen LogP contribution in [0.5, 0.6) is 0 Å². The lowest BCUT2D eigenvalue weighted by Crippen LogP contribution is -2.44. The molecule has 2 aromatic heterocycles. The molecule has 2 aliphatic rings. The molecule has 2 saturated heterocycles. The average Bonchev–Trinajstić information content (AvgIpc) is 2.97. The maximum absolute atomic E-state index is 12.4. The first-order valence-corrected chi connectivity index (χ1v) is 8.65. The summed E-state index contributed by atoms with van der Waals surface area (Å²) in [6, 6.07) is 4.47. The topological polar surface area (TPSA) is 62.6 Å². The van der Waals surface area contributed by atoms with E-state index in [0.717, 1.165) is 56.1 Å². The van der Waals surface area contributed by atoms with Crippen molar-refractivity contribution in [1.29, 1.82) is 0 Å². The minimum atomic E-state index is -0.0180. The second-order valence-corrected chi connectivity index (χ2v) is 6.74. The highest BCUT2D eigenvalue weighted by Gasteiger charge is 2.32. The number of nitrogens with one attached hydrogen (secondary N) is 1. The standard InChI is InChI=1S/C17H24N4O2/c1-12-10-16-18-14(11-17(22)21(16)19-12)15-4-2-3-7-20(15)13-5-8-23-9-6-13/h10-11,13,15,19H,2-9H2,1H3/t15-/m1/s1. The van der Waals surface area contributed by atoms with Crippen molar-refractivity contribution in [2.75, 3.05) is 19.8 Å². The Kier molecular flexibility index (Phi) is 3.95. The Labute approximate surface area is 135 Å². The van der Waals surface area contributed by atoms with Crippen molar-refractivity contribution in [2.24, 2.45) is 0 Å². The molecule has 2 aromatic rings. The molecule has 4 heterocycles. The first kappa shape index (κ1) is 14.9. The fraction of sp³-hybridized carbons (Fsp3) is 0.647. The molecule has 4 rings (SSSR count). The molecule has 0 saturated carbocycles. The third kappa shape index (κ3) is 2.81. The van der Waals surface area contributed by atoms with Gasteiger partial charge in [-0.3, -0.25) is 14.8 Å². The molecule has 124 valence electrons. The number of fused-ring (bicyclic) bond motifs is 1. The Morgan fingerprint density at radius 2 is 2.04 bits per heavy atom. The van der Waals surface area contributed by atoms with E-state index in [-0.39, 0.29) is 11.6 Å². The van der Waals surface area contributed by atoms with Gasteiger partial charge in [-0.1, -0.05) is 6.42 Å². The van der Waals surface area contributed by atoms with E-state index in [2.05, 4.69) is 10.00 Å². The summed E-state index contributed by atoms with van der Waals surface area (Å²) in [5.41, 5.74) is 2.59. The Morgan fingerprint density at radius 3 is 2.87 bits per heavy atom. The van der Waals surface area contributed by atoms with Crippen LogP contribution in [0.15, 0.2) is 16.9 Å². The van der Waals surface area contributed by atoms with E-state index in [1.165, 1.54) is 17.4 Å². The largest absolute Gasteiger partial charge is 0.381 e. The molecule has 2 fully saturated rings. The van der Waals surface area contributed by atoms with Gasteiger partial charge in [-0.25, -0.2) is 9.50 Å². The summed E-state index contributed by atoms with van der Waals surface area (Å²) in [5, 5.41) is 3.04. The van der Waals surface area contributed by atoms with Crippen molar-refractivity contribution >= 4 is 5.65 Å². The number of aromatic nitrogens is 3. The third-order valence-electron chi connectivity index (χ3n) is 5.14. The highest BCUT2D eigenvalue weighted by molar-refractivity contribution is 5.39. The molecule has 0 bridgehead atoms. The van der Waals surface area contributed by atoms with E-state index in [4.69, 9.17) is 9.72 Å². The predicted octanol–water partition coefficient (Wildman–Crippen LogP) is 2.04. The van der Waals surface area contributed by atoms with Crippen molar-refractivity contribution in [1.82, 2.24) is 19.5 Å². The number of likely N-dealkylation sites (tertiary alicyclic amines) is 1. The predicted molar refractivity (Wildman–Crippen MR) is 87.7 cm³/mol. The van der Waals surface area contributed by atoms with Gasteiger partial charge in [-0.15, -0.1) is 0 Å². The van der Waals surface area contributed by atoms with E-state index < -0.39 is 0 Å². The zero-order chi connectivity index (χ0) is 15.8. The molecule has 1 N–H and O–H groups in total. The summed E-state index contributed by atoms with van der Waals surface area (Å²) >= 11 is 0. The third-order valence-corrected chi connectivity index (χ3v) is 5.14. The number of ether oxygens (including phenoxy) is 1. The van der Waals surface area contributed by atoms with Crippen molar-refractivity contribution in [3.63, 3.8) is 0 Å². The summed E-state index contributed by atoms with van der Waals surface area (Å²) in [7, 11) is 0. The van der Waals surface area contributed by atoms with E-state index in [9.17, 15) is 4.79 Å². The van der Waals surface area contributed by atoms with E-state index in [1.807, 2.05) is 13.0 Å². The molecule has 2 aliphatic heterocycles. The fourth-order valence-electron chi connectivity index (χ4n) is 4.03. The van der Waals surface area contributed by atoms with E-state index in [0.29, 0.717) is 6.04 Å². The lowest BCUT2D eigenvalue weighted by Gasteiger charge is -2.42. The lowest BCUT2D eigenvalue weighted by atomic mass is 9.94. The average molecular weight is 316 g/mol. The smallest absolute Gasteiger partial charge is 0.272 e. The summed E-state index contributed by atoms with van der Waals surface area (Å²) in [4.78, 5) is 19.7. The Bertz CT molecular complexity index is 745. The van der Waals surface area contributed by atoms with Gasteiger partial charge in [0.2, 0.25) is 0 Å². The summed E-state index contributed by atoms with van der Waals surface area (Å²) in [6.45, 7) is 4.74. The Balaban J connectivity index is 1.70. The zero-order valence-corrected chi connectivity index (χ0v) is 13.6. The number of aryl methyl sites for hydroxylation is 1. The van der Waals surface area contributed by atoms with Gasteiger partial charge in [0.1, 0.15) is 0 Å². The molecule has 0 aliphatic carbocycles. The molecule has 0 amide bonds. The number of nitrogens with zero attached hydrogens (tertiary/aromatic N) is 3. The van der Waals surface area contributed by atoms with Gasteiger partial charge in [-0.05, 0) is 39.2 Å². The van der Waals surface area contributed by atoms with Gasteiger partial charge >= 0.3 is 0 Å². The molecule has 0 unspecified atom stereocenters. The van der Waals surface area contributed by atoms with Crippen LogP contribution in [0.3, 0.4) is 0 Å². The molecule has 0 aromatic carbocycles. The molecular formula is C17H24N4O2. The minimum absolute atomic E-state index is 0.0180. The van der Waals surface area contributed by atoms with Gasteiger partial charge in [0.25, 0.3) is 5.56 Å². The van der Waals surface area contributed by atoms with Gasteiger partial charge in [0.05, 0.1) is 11.7 Å². The SMILES string of the molecule is Cc1cc2nc([C@H]3CCCCN3C3CCOCC3)cc(=O)n2[nH]1. The summed E-state index contributed by atoms with van der Waals surface area (Å²) in [5.74, 6) is 0. The van der Waals surface area contributed by atoms with Gasteiger partial charge < -0.3 is 4.74 Å². The maximum Gasteiger partial charge on any atom is 0.272 e. The van der Waals surface area contributed by atoms with Gasteiger partial charge in [0.15, 0.2) is 5.65 Å². The normalized spacial score (nSPS) is 24.3. The number of hydrogen-bond donors (Lipinski definition) is 1. The minimum Gasteiger partial charge on any atom is -0.381 e. The van der Waals surface area contributed by atoms with Gasteiger partial charge in [-0.2, -0.15) is 0 Å². The quantitative estimate of drug-likeness (QED) is 0.921. The first-order valence-electron chi connectivity index (χ1n) is 8.65. The van der Waals surface area contributed by atoms with Crippen molar-refractivity contribution in [2.45, 2.75) is 51.1 Å². The number of hydrogen-bond acceptors (Lipinski definition) is 4. The van der Waals surface area contributed by atoms with Crippen LogP contribution in [-0.4, -0.2) is 45.3 Å². The number of rotatable bonds is 2. The Morgan fingerprint density at radius 1 is 1.22 bits per heavy atom. The molecule has 6 heteroatoms. The summed E-state index contributed by atoms with van der Waals surface area (Å²) in [6.07, 6.45) is 5.70. The molecule has 6 nitrogen and oxygen atoms in total. The van der Waals surface area contributed by atoms with E-state index >= 15 is 0 Å². The van der Waals surface area contributed by atoms with Crippen molar-refractivity contribution in [3.05, 3.63) is 33.9 Å². The zero-order valence-electron chi connectivity index (χ0n) is 13.6. The van der Waals surface area contributed by atoms with Crippen molar-refractivity contribution < 1.29 is 4.74 Å². The number of piperidine rings is 1.